The normalized spacial score (nSPS) is 38.3. The van der Waals surface area contributed by atoms with Gasteiger partial charge in [-0.15, -0.1) is 0 Å². The van der Waals surface area contributed by atoms with Gasteiger partial charge in [-0.25, -0.2) is 23.1 Å². The molecule has 4 bridgehead atoms. The van der Waals surface area contributed by atoms with Crippen molar-refractivity contribution in [2.45, 2.75) is 73.7 Å². The number of fused-ring (bicyclic) bond motifs is 1. The van der Waals surface area contributed by atoms with Crippen LogP contribution in [0.15, 0.2) is 6.20 Å². The van der Waals surface area contributed by atoms with Gasteiger partial charge in [0.25, 0.3) is 5.91 Å². The molecule has 182 valence electrons. The third-order valence-electron chi connectivity index (χ3n) is 7.23. The summed E-state index contributed by atoms with van der Waals surface area (Å²) in [6, 6.07) is 0. The monoisotopic (exact) mass is 478 g/mol. The summed E-state index contributed by atoms with van der Waals surface area (Å²) in [7, 11) is 0. The molecule has 1 amide bonds. The number of nitrogens with zero attached hydrogens (tertiary/aromatic N) is 3. The molecule has 6 nitrogen and oxygen atoms in total. The minimum absolute atomic E-state index is 0.0417. The minimum Gasteiger partial charge on any atom is -0.378 e. The fourth-order valence-corrected chi connectivity index (χ4v) is 6.37. The smallest absolute Gasteiger partial charge is 0.378 e. The van der Waals surface area contributed by atoms with Gasteiger partial charge in [-0.05, 0) is 12.8 Å². The molecule has 1 N–H and O–H groups in total. The summed E-state index contributed by atoms with van der Waals surface area (Å²) >= 11 is 0. The first-order valence-corrected chi connectivity index (χ1v) is 11.0. The number of carbonyl (C=O) groups is 1. The summed E-state index contributed by atoms with van der Waals surface area (Å²) in [5.74, 6) is -1.35. The van der Waals surface area contributed by atoms with Gasteiger partial charge in [-0.1, -0.05) is 0 Å². The maximum Gasteiger partial charge on any atom is 0.434 e. The van der Waals surface area contributed by atoms with Crippen molar-refractivity contribution in [2.24, 2.45) is 0 Å². The average molecular weight is 478 g/mol. The molecule has 2 heterocycles. The molecular weight excluding hydrogens is 454 g/mol. The van der Waals surface area contributed by atoms with Crippen molar-refractivity contribution in [3.8, 4) is 0 Å². The lowest BCUT2D eigenvalue weighted by atomic mass is 9.61. The van der Waals surface area contributed by atoms with Gasteiger partial charge in [0.2, 0.25) is 5.95 Å². The third-order valence-corrected chi connectivity index (χ3v) is 7.23. The van der Waals surface area contributed by atoms with Crippen LogP contribution in [0.25, 0.3) is 0 Å². The van der Waals surface area contributed by atoms with Crippen LogP contribution >= 0.6 is 0 Å². The molecule has 2 atom stereocenters. The van der Waals surface area contributed by atoms with Crippen molar-refractivity contribution < 1.29 is 35.9 Å². The number of anilines is 1. The van der Waals surface area contributed by atoms with E-state index in [4.69, 9.17) is 4.74 Å². The van der Waals surface area contributed by atoms with Gasteiger partial charge in [0.05, 0.1) is 18.8 Å². The molecule has 5 aliphatic rings. The molecule has 1 saturated heterocycles. The van der Waals surface area contributed by atoms with E-state index in [1.165, 1.54) is 4.90 Å². The fourth-order valence-electron chi connectivity index (χ4n) is 6.37. The predicted octanol–water partition coefficient (Wildman–Crippen LogP) is 4.01. The molecule has 0 aromatic carbocycles. The van der Waals surface area contributed by atoms with Crippen LogP contribution in [0, 0.1) is 0 Å². The summed E-state index contributed by atoms with van der Waals surface area (Å²) < 4.78 is 92.5. The summed E-state index contributed by atoms with van der Waals surface area (Å²) in [4.78, 5) is 21.4. The maximum atomic E-state index is 15.4. The van der Waals surface area contributed by atoms with Crippen LogP contribution in [-0.2, 0) is 10.9 Å². The Morgan fingerprint density at radius 2 is 1.58 bits per heavy atom. The topological polar surface area (TPSA) is 67.4 Å². The number of alkyl halides is 6. The van der Waals surface area contributed by atoms with Crippen molar-refractivity contribution in [3.63, 3.8) is 0 Å². The van der Waals surface area contributed by atoms with E-state index in [1.54, 1.807) is 0 Å². The van der Waals surface area contributed by atoms with Gasteiger partial charge >= 0.3 is 6.18 Å². The second kappa shape index (κ2) is 7.19. The quantitative estimate of drug-likeness (QED) is 0.665. The number of hydrogen-bond acceptors (Lipinski definition) is 5. The van der Waals surface area contributed by atoms with Gasteiger partial charge in [0, 0.05) is 56.9 Å². The summed E-state index contributed by atoms with van der Waals surface area (Å²) in [5.41, 5.74) is -9.61. The highest BCUT2D eigenvalue weighted by Gasteiger charge is 2.67. The summed E-state index contributed by atoms with van der Waals surface area (Å²) in [6.07, 6.45) is -5.97. The van der Waals surface area contributed by atoms with Crippen LogP contribution in [0.3, 0.4) is 0 Å². The number of morpholine rings is 1. The molecule has 1 aromatic rings. The molecule has 0 spiro atoms. The van der Waals surface area contributed by atoms with Crippen LogP contribution in [0.4, 0.5) is 32.3 Å². The zero-order valence-electron chi connectivity index (χ0n) is 17.8. The third kappa shape index (κ3) is 4.15. The Hall–Kier alpha value is -2.11. The zero-order valence-corrected chi connectivity index (χ0v) is 17.8. The van der Waals surface area contributed by atoms with Crippen LogP contribution in [0.2, 0.25) is 0 Å². The molecule has 0 radical (unpaired) electrons. The van der Waals surface area contributed by atoms with Gasteiger partial charge in [0.15, 0.2) is 5.69 Å². The first-order valence-electron chi connectivity index (χ1n) is 11.0. The Kier molecular flexibility index (Phi) is 4.94. The number of rotatable bonds is 3. The number of halogens is 6. The molecule has 1 aromatic heterocycles. The number of hydrogen-bond donors (Lipinski definition) is 1. The molecule has 5 fully saturated rings. The van der Waals surface area contributed by atoms with E-state index in [1.807, 2.05) is 0 Å². The standard InChI is InChI=1S/C21H24F6N4O2/c22-17-1-2-20(11-18(23,8-17)10-19(24,9-17)12-20)30-16-28-7-13(14(29-16)21(25,26)27)15(32)31-3-5-33-6-4-31/h7H,1-6,8-12H2,(H,28,29,30). The van der Waals surface area contributed by atoms with E-state index in [-0.39, 0.29) is 52.0 Å². The van der Waals surface area contributed by atoms with Gasteiger partial charge in [-0.2, -0.15) is 13.2 Å². The molecule has 12 heteroatoms. The van der Waals surface area contributed by atoms with Crippen molar-refractivity contribution in [2.75, 3.05) is 31.6 Å². The highest BCUT2D eigenvalue weighted by atomic mass is 19.4. The minimum atomic E-state index is -4.96. The van der Waals surface area contributed by atoms with Crippen LogP contribution in [-0.4, -0.2) is 69.6 Å². The molecule has 4 saturated carbocycles. The number of amides is 1. The lowest BCUT2D eigenvalue weighted by Crippen LogP contribution is -2.59. The maximum absolute atomic E-state index is 15.4. The van der Waals surface area contributed by atoms with Crippen molar-refractivity contribution in [1.82, 2.24) is 14.9 Å². The van der Waals surface area contributed by atoms with E-state index in [0.29, 0.717) is 0 Å². The van der Waals surface area contributed by atoms with E-state index < -0.39 is 71.1 Å². The molecular formula is C21H24F6N4O2. The second-order valence-electron chi connectivity index (χ2n) is 10.1. The number of aromatic nitrogens is 2. The summed E-state index contributed by atoms with van der Waals surface area (Å²) in [6.45, 7) is 0.701. The zero-order chi connectivity index (χ0) is 23.7. The Morgan fingerprint density at radius 3 is 2.18 bits per heavy atom. The largest absolute Gasteiger partial charge is 0.434 e. The van der Waals surface area contributed by atoms with Crippen molar-refractivity contribution in [3.05, 3.63) is 17.5 Å². The molecule has 33 heavy (non-hydrogen) atoms. The average Bonchev–Trinajstić information content (AvgIpc) is 2.83. The van der Waals surface area contributed by atoms with Gasteiger partial charge < -0.3 is 15.0 Å². The van der Waals surface area contributed by atoms with E-state index in [9.17, 15) is 18.0 Å². The number of ether oxygens (including phenoxy) is 1. The lowest BCUT2D eigenvalue weighted by molar-refractivity contribution is -0.141. The Balaban J connectivity index is 1.47. The first-order chi connectivity index (χ1) is 15.3. The van der Waals surface area contributed by atoms with Crippen LogP contribution < -0.4 is 5.32 Å². The molecule has 1 aliphatic heterocycles. The second-order valence-corrected chi connectivity index (χ2v) is 10.1. The fraction of sp³-hybridized carbons (Fsp3) is 0.762. The number of nitrogens with one attached hydrogen (secondary N) is 1. The molecule has 4 aliphatic carbocycles. The van der Waals surface area contributed by atoms with Crippen LogP contribution in [0.1, 0.15) is 61.0 Å². The Labute approximate surface area is 186 Å². The van der Waals surface area contributed by atoms with Gasteiger partial charge in [-0.3, -0.25) is 4.79 Å². The summed E-state index contributed by atoms with van der Waals surface area (Å²) in [5, 5.41) is 2.73. The molecule has 2 unspecified atom stereocenters. The Morgan fingerprint density at radius 1 is 0.970 bits per heavy atom. The van der Waals surface area contributed by atoms with Crippen molar-refractivity contribution >= 4 is 11.9 Å². The van der Waals surface area contributed by atoms with Gasteiger partial charge in [0.1, 0.15) is 17.0 Å². The Bertz CT molecular complexity index is 949. The van der Waals surface area contributed by atoms with Crippen molar-refractivity contribution in [1.29, 1.82) is 0 Å². The van der Waals surface area contributed by atoms with Crippen LogP contribution in [0.5, 0.6) is 0 Å². The van der Waals surface area contributed by atoms with E-state index in [2.05, 4.69) is 15.3 Å². The predicted molar refractivity (Wildman–Crippen MR) is 104 cm³/mol. The highest BCUT2D eigenvalue weighted by molar-refractivity contribution is 5.95. The lowest BCUT2D eigenvalue weighted by Gasteiger charge is -2.52. The van der Waals surface area contributed by atoms with E-state index >= 15 is 13.2 Å². The molecule has 6 rings (SSSR count). The van der Waals surface area contributed by atoms with E-state index in [0.717, 1.165) is 6.20 Å². The highest BCUT2D eigenvalue weighted by Crippen LogP contribution is 2.62. The first kappa shape index (κ1) is 22.7. The number of carbonyl (C=O) groups excluding carboxylic acids is 1. The SMILES string of the molecule is O=C(c1cnc(NC23CCC4(F)CC(F)(CC(F)(C4)C2)C3)nc1C(F)(F)F)N1CCOCC1.